The molecule has 6 rings (SSSR count). The molecule has 0 fully saturated rings. The second-order valence-electron chi connectivity index (χ2n) is 9.97. The molecule has 4 heteroatoms. The Morgan fingerprint density at radius 3 is 1.76 bits per heavy atom. The summed E-state index contributed by atoms with van der Waals surface area (Å²) >= 11 is 0. The molecular weight excluding hydrogens is 464 g/mol. The first-order valence-electron chi connectivity index (χ1n) is 13.0. The first kappa shape index (κ1) is 23.7. The number of aromatic nitrogens is 3. The number of anilines is 1. The largest absolute Gasteiger partial charge is 0.399 e. The standard InChI is InChI=1S/C34H30N4/c1-24(2)31-22-25(20-21-36-31)33-30-23-29(35)18-19-32(30)38(37-33)34(26-12-6-3-7-13-26,27-14-8-4-9-15-27)28-16-10-5-11-17-28/h3-24H,35H2,1-2H3. The Bertz CT molecular complexity index is 1590. The van der Waals surface area contributed by atoms with E-state index in [2.05, 4.69) is 127 Å². The summed E-state index contributed by atoms with van der Waals surface area (Å²) in [5, 5.41) is 6.45. The van der Waals surface area contributed by atoms with Crippen molar-refractivity contribution < 1.29 is 0 Å². The van der Waals surface area contributed by atoms with Crippen molar-refractivity contribution >= 4 is 16.6 Å². The molecule has 4 nitrogen and oxygen atoms in total. The van der Waals surface area contributed by atoms with E-state index in [0.29, 0.717) is 11.6 Å². The number of hydrogen-bond acceptors (Lipinski definition) is 3. The van der Waals surface area contributed by atoms with E-state index in [1.807, 2.05) is 24.4 Å². The zero-order chi connectivity index (χ0) is 26.1. The number of benzene rings is 4. The van der Waals surface area contributed by atoms with Gasteiger partial charge in [0.2, 0.25) is 0 Å². The van der Waals surface area contributed by atoms with Crippen LogP contribution in [0.3, 0.4) is 0 Å². The van der Waals surface area contributed by atoms with Crippen LogP contribution in [0.1, 0.15) is 42.1 Å². The van der Waals surface area contributed by atoms with Crippen LogP contribution < -0.4 is 5.73 Å². The van der Waals surface area contributed by atoms with Crippen molar-refractivity contribution in [1.82, 2.24) is 14.8 Å². The Balaban J connectivity index is 1.77. The molecule has 0 aliphatic rings. The molecule has 4 aromatic carbocycles. The minimum atomic E-state index is -0.718. The molecule has 0 aliphatic carbocycles. The van der Waals surface area contributed by atoms with Crippen LogP contribution in [0.25, 0.3) is 22.2 Å². The molecule has 0 unspecified atom stereocenters. The highest BCUT2D eigenvalue weighted by Crippen LogP contribution is 2.44. The summed E-state index contributed by atoms with van der Waals surface area (Å²) in [7, 11) is 0. The van der Waals surface area contributed by atoms with Crippen molar-refractivity contribution in [3.8, 4) is 11.3 Å². The molecule has 2 N–H and O–H groups in total. The summed E-state index contributed by atoms with van der Waals surface area (Å²) in [6, 6.07) is 42.2. The van der Waals surface area contributed by atoms with Gasteiger partial charge in [0.1, 0.15) is 11.2 Å². The van der Waals surface area contributed by atoms with Crippen LogP contribution in [0.4, 0.5) is 5.69 Å². The van der Waals surface area contributed by atoms with Gasteiger partial charge in [-0.25, -0.2) is 4.68 Å². The second kappa shape index (κ2) is 9.64. The highest BCUT2D eigenvalue weighted by molar-refractivity contribution is 5.95. The molecule has 0 saturated heterocycles. The third kappa shape index (κ3) is 3.86. The topological polar surface area (TPSA) is 56.7 Å². The lowest BCUT2D eigenvalue weighted by Gasteiger charge is -2.37. The van der Waals surface area contributed by atoms with Gasteiger partial charge in [0.25, 0.3) is 0 Å². The van der Waals surface area contributed by atoms with Crippen molar-refractivity contribution in [1.29, 1.82) is 0 Å². The predicted octanol–water partition coefficient (Wildman–Crippen LogP) is 7.64. The van der Waals surface area contributed by atoms with Gasteiger partial charge in [0.05, 0.1) is 5.52 Å². The van der Waals surface area contributed by atoms with Crippen molar-refractivity contribution in [3.63, 3.8) is 0 Å². The lowest BCUT2D eigenvalue weighted by atomic mass is 9.77. The molecule has 0 radical (unpaired) electrons. The number of hydrogen-bond donors (Lipinski definition) is 1. The van der Waals surface area contributed by atoms with E-state index >= 15 is 0 Å². The maximum absolute atomic E-state index is 6.35. The Labute approximate surface area is 223 Å². The van der Waals surface area contributed by atoms with Gasteiger partial charge in [-0.05, 0) is 52.9 Å². The summed E-state index contributed by atoms with van der Waals surface area (Å²) in [6.45, 7) is 4.32. The monoisotopic (exact) mass is 494 g/mol. The van der Waals surface area contributed by atoms with Gasteiger partial charge in [0, 0.05) is 28.5 Å². The Kier molecular flexibility index (Phi) is 6.01. The summed E-state index contributed by atoms with van der Waals surface area (Å²) < 4.78 is 2.19. The van der Waals surface area contributed by atoms with E-state index in [-0.39, 0.29) is 0 Å². The number of rotatable bonds is 6. The van der Waals surface area contributed by atoms with E-state index in [1.165, 1.54) is 0 Å². The highest BCUT2D eigenvalue weighted by atomic mass is 15.3. The number of pyridine rings is 1. The SMILES string of the molecule is CC(C)c1cc(-c2nn(C(c3ccccc3)(c3ccccc3)c3ccccc3)c3ccc(N)cc23)ccn1. The molecule has 0 atom stereocenters. The highest BCUT2D eigenvalue weighted by Gasteiger charge is 2.41. The Hall–Kier alpha value is -4.70. The zero-order valence-corrected chi connectivity index (χ0v) is 21.6. The molecule has 0 spiro atoms. The van der Waals surface area contributed by atoms with Gasteiger partial charge >= 0.3 is 0 Å². The molecular formula is C34H30N4. The number of fused-ring (bicyclic) bond motifs is 1. The van der Waals surface area contributed by atoms with Gasteiger partial charge in [-0.1, -0.05) is 105 Å². The molecule has 38 heavy (non-hydrogen) atoms. The summed E-state index contributed by atoms with van der Waals surface area (Å²) in [4.78, 5) is 4.60. The quantitative estimate of drug-likeness (QED) is 0.191. The molecule has 0 aliphatic heterocycles. The van der Waals surface area contributed by atoms with Crippen LogP contribution in [-0.4, -0.2) is 14.8 Å². The van der Waals surface area contributed by atoms with E-state index in [9.17, 15) is 0 Å². The minimum absolute atomic E-state index is 0.311. The van der Waals surface area contributed by atoms with Crippen molar-refractivity contribution in [2.24, 2.45) is 0 Å². The van der Waals surface area contributed by atoms with E-state index in [0.717, 1.165) is 44.5 Å². The molecule has 2 heterocycles. The number of nitrogens with two attached hydrogens (primary N) is 1. The van der Waals surface area contributed by atoms with Crippen LogP contribution >= 0.6 is 0 Å². The van der Waals surface area contributed by atoms with Crippen molar-refractivity contribution in [2.75, 3.05) is 5.73 Å². The van der Waals surface area contributed by atoms with Crippen LogP contribution in [-0.2, 0) is 5.54 Å². The summed E-state index contributed by atoms with van der Waals surface area (Å²) in [6.07, 6.45) is 1.88. The second-order valence-corrected chi connectivity index (χ2v) is 9.97. The smallest absolute Gasteiger partial charge is 0.138 e. The fraction of sp³-hybridized carbons (Fsp3) is 0.118. The molecule has 2 aromatic heterocycles. The normalized spacial score (nSPS) is 11.8. The first-order valence-corrected chi connectivity index (χ1v) is 13.0. The minimum Gasteiger partial charge on any atom is -0.399 e. The third-order valence-corrected chi connectivity index (χ3v) is 7.24. The van der Waals surface area contributed by atoms with Gasteiger partial charge in [-0.2, -0.15) is 5.10 Å². The fourth-order valence-electron chi connectivity index (χ4n) is 5.42. The Morgan fingerprint density at radius 2 is 1.24 bits per heavy atom. The van der Waals surface area contributed by atoms with Gasteiger partial charge in [-0.15, -0.1) is 0 Å². The average molecular weight is 495 g/mol. The van der Waals surface area contributed by atoms with Crippen molar-refractivity contribution in [3.05, 3.63) is 150 Å². The first-order chi connectivity index (χ1) is 18.6. The van der Waals surface area contributed by atoms with E-state index in [4.69, 9.17) is 10.8 Å². The van der Waals surface area contributed by atoms with Crippen LogP contribution in [0.5, 0.6) is 0 Å². The maximum atomic E-state index is 6.35. The summed E-state index contributed by atoms with van der Waals surface area (Å²) in [5.74, 6) is 0.311. The van der Waals surface area contributed by atoms with Crippen LogP contribution in [0.15, 0.2) is 128 Å². The lowest BCUT2D eigenvalue weighted by molar-refractivity contribution is 0.477. The summed E-state index contributed by atoms with van der Waals surface area (Å²) in [5.41, 5.74) is 13.7. The number of nitrogen functional groups attached to an aromatic ring is 1. The fourth-order valence-corrected chi connectivity index (χ4v) is 5.42. The number of nitrogens with zero attached hydrogens (tertiary/aromatic N) is 3. The zero-order valence-electron chi connectivity index (χ0n) is 21.6. The van der Waals surface area contributed by atoms with E-state index in [1.54, 1.807) is 0 Å². The van der Waals surface area contributed by atoms with Gasteiger partial charge < -0.3 is 5.73 Å². The molecule has 0 amide bonds. The van der Waals surface area contributed by atoms with Crippen LogP contribution in [0.2, 0.25) is 0 Å². The average Bonchev–Trinajstić information content (AvgIpc) is 3.34. The van der Waals surface area contributed by atoms with Gasteiger partial charge in [-0.3, -0.25) is 4.98 Å². The predicted molar refractivity (Wildman–Crippen MR) is 156 cm³/mol. The Morgan fingerprint density at radius 1 is 0.684 bits per heavy atom. The molecule has 0 saturated carbocycles. The van der Waals surface area contributed by atoms with Crippen LogP contribution in [0, 0.1) is 0 Å². The van der Waals surface area contributed by atoms with E-state index < -0.39 is 5.54 Å². The lowest BCUT2D eigenvalue weighted by Crippen LogP contribution is -2.38. The van der Waals surface area contributed by atoms with Crippen molar-refractivity contribution in [2.45, 2.75) is 25.3 Å². The maximum Gasteiger partial charge on any atom is 0.138 e. The molecule has 0 bridgehead atoms. The molecule has 186 valence electrons. The third-order valence-electron chi connectivity index (χ3n) is 7.24. The molecule has 6 aromatic rings. The van der Waals surface area contributed by atoms with Gasteiger partial charge in [0.15, 0.2) is 0 Å².